The SMILES string of the molecule is NC(=O)/C=C/c1cccc2c1CCN(C(=O)/C=C/c1c(-n3cnnn3)ccc(Cl)c1F)C2C(=O)Cc1ccc(C(=O)O)cc1. The number of halogens is 2. The van der Waals surface area contributed by atoms with Crippen molar-refractivity contribution >= 4 is 47.3 Å². The molecule has 0 saturated carbocycles. The minimum Gasteiger partial charge on any atom is -0.478 e. The topological polar surface area (TPSA) is 161 Å². The maximum absolute atomic E-state index is 15.1. The summed E-state index contributed by atoms with van der Waals surface area (Å²) >= 11 is 6.02. The van der Waals surface area contributed by atoms with Crippen LogP contribution in [0.4, 0.5) is 4.39 Å². The average molecular weight is 615 g/mol. The molecule has 1 unspecified atom stereocenters. The maximum atomic E-state index is 15.1. The summed E-state index contributed by atoms with van der Waals surface area (Å²) in [7, 11) is 0. The van der Waals surface area contributed by atoms with Crippen molar-refractivity contribution in [2.75, 3.05) is 6.54 Å². The first kappa shape index (κ1) is 30.0. The first-order valence-electron chi connectivity index (χ1n) is 13.3. The number of benzene rings is 3. The number of carbonyl (C=O) groups excluding carboxylic acids is 3. The van der Waals surface area contributed by atoms with Crippen LogP contribution >= 0.6 is 11.6 Å². The molecule has 5 rings (SSSR count). The zero-order valence-corrected chi connectivity index (χ0v) is 23.7. The molecular formula is C31H24ClFN6O5. The van der Waals surface area contributed by atoms with Gasteiger partial charge in [-0.1, -0.05) is 41.9 Å². The molecule has 0 spiro atoms. The summed E-state index contributed by atoms with van der Waals surface area (Å²) in [4.78, 5) is 51.7. The van der Waals surface area contributed by atoms with Crippen LogP contribution in [0.25, 0.3) is 17.8 Å². The van der Waals surface area contributed by atoms with Crippen molar-refractivity contribution in [2.45, 2.75) is 18.9 Å². The van der Waals surface area contributed by atoms with Gasteiger partial charge in [-0.3, -0.25) is 14.4 Å². The van der Waals surface area contributed by atoms with Gasteiger partial charge in [-0.25, -0.2) is 9.18 Å². The van der Waals surface area contributed by atoms with Crippen LogP contribution in [-0.2, 0) is 27.2 Å². The molecular weight excluding hydrogens is 591 g/mol. The average Bonchev–Trinajstić information content (AvgIpc) is 3.55. The molecule has 11 nitrogen and oxygen atoms in total. The van der Waals surface area contributed by atoms with E-state index in [1.165, 1.54) is 52.3 Å². The highest BCUT2D eigenvalue weighted by atomic mass is 35.5. The summed E-state index contributed by atoms with van der Waals surface area (Å²) in [6.07, 6.45) is 6.75. The molecule has 0 fully saturated rings. The molecule has 0 saturated heterocycles. The summed E-state index contributed by atoms with van der Waals surface area (Å²) < 4.78 is 16.3. The molecule has 2 amide bonds. The Labute approximate surface area is 255 Å². The molecule has 1 aromatic heterocycles. The third-order valence-electron chi connectivity index (χ3n) is 7.15. The van der Waals surface area contributed by atoms with Crippen molar-refractivity contribution in [1.29, 1.82) is 0 Å². The highest BCUT2D eigenvalue weighted by Crippen LogP contribution is 2.34. The number of nitrogens with zero attached hydrogens (tertiary/aromatic N) is 5. The number of rotatable bonds is 9. The van der Waals surface area contributed by atoms with Gasteiger partial charge < -0.3 is 15.7 Å². The fourth-order valence-electron chi connectivity index (χ4n) is 5.11. The summed E-state index contributed by atoms with van der Waals surface area (Å²) in [5, 5.41) is 20.0. The molecule has 222 valence electrons. The van der Waals surface area contributed by atoms with Crippen LogP contribution in [0.2, 0.25) is 5.02 Å². The van der Waals surface area contributed by atoms with Crippen LogP contribution in [0.1, 0.15) is 44.2 Å². The number of aromatic nitrogens is 4. The fourth-order valence-corrected chi connectivity index (χ4v) is 5.27. The fraction of sp³-hybridized carbons (Fsp3) is 0.129. The molecule has 1 aliphatic heterocycles. The minimum absolute atomic E-state index is 0.0316. The van der Waals surface area contributed by atoms with Crippen LogP contribution in [0, 0.1) is 5.82 Å². The van der Waals surface area contributed by atoms with E-state index in [4.69, 9.17) is 17.3 Å². The summed E-state index contributed by atoms with van der Waals surface area (Å²) in [5.74, 6) is -3.39. The van der Waals surface area contributed by atoms with Crippen LogP contribution < -0.4 is 5.73 Å². The van der Waals surface area contributed by atoms with E-state index >= 15 is 4.39 Å². The highest BCUT2D eigenvalue weighted by Gasteiger charge is 2.35. The van der Waals surface area contributed by atoms with Gasteiger partial charge in [0.2, 0.25) is 11.8 Å². The van der Waals surface area contributed by atoms with Crippen LogP contribution in [0.15, 0.2) is 73.1 Å². The van der Waals surface area contributed by atoms with E-state index in [1.54, 1.807) is 36.4 Å². The Morgan fingerprint density at radius 1 is 1.05 bits per heavy atom. The molecule has 3 N–H and O–H groups in total. The highest BCUT2D eigenvalue weighted by molar-refractivity contribution is 6.31. The number of hydrogen-bond acceptors (Lipinski definition) is 7. The second-order valence-corrected chi connectivity index (χ2v) is 10.3. The summed E-state index contributed by atoms with van der Waals surface area (Å²) in [6, 6.07) is 13.0. The van der Waals surface area contributed by atoms with Crippen molar-refractivity contribution in [3.63, 3.8) is 0 Å². The molecule has 3 aromatic carbocycles. The third kappa shape index (κ3) is 6.30. The third-order valence-corrected chi connectivity index (χ3v) is 7.44. The van der Waals surface area contributed by atoms with Crippen molar-refractivity contribution in [3.8, 4) is 5.69 Å². The number of Topliss-reactive ketones (excluding diaryl/α,β-unsaturated/α-hetero) is 1. The van der Waals surface area contributed by atoms with Crippen LogP contribution in [0.3, 0.4) is 0 Å². The lowest BCUT2D eigenvalue weighted by molar-refractivity contribution is -0.136. The van der Waals surface area contributed by atoms with Gasteiger partial charge in [-0.2, -0.15) is 4.68 Å². The van der Waals surface area contributed by atoms with Crippen molar-refractivity contribution < 1.29 is 28.7 Å². The zero-order valence-electron chi connectivity index (χ0n) is 22.9. The van der Waals surface area contributed by atoms with Gasteiger partial charge in [0.05, 0.1) is 16.3 Å². The number of amides is 2. The van der Waals surface area contributed by atoms with E-state index in [0.29, 0.717) is 23.1 Å². The van der Waals surface area contributed by atoms with Crippen LogP contribution in [-0.4, -0.2) is 60.3 Å². The van der Waals surface area contributed by atoms with Gasteiger partial charge in [0.15, 0.2) is 11.6 Å². The van der Waals surface area contributed by atoms with Gasteiger partial charge in [-0.05, 0) is 75.5 Å². The lowest BCUT2D eigenvalue weighted by atomic mass is 9.85. The summed E-state index contributed by atoms with van der Waals surface area (Å²) in [6.45, 7) is 0.143. The second kappa shape index (κ2) is 12.8. The number of aromatic carboxylic acids is 1. The molecule has 0 bridgehead atoms. The molecule has 1 atom stereocenters. The van der Waals surface area contributed by atoms with Crippen LogP contribution in [0.5, 0.6) is 0 Å². The van der Waals surface area contributed by atoms with E-state index in [9.17, 15) is 24.3 Å². The molecule has 4 aromatic rings. The molecule has 0 aliphatic carbocycles. The van der Waals surface area contributed by atoms with E-state index in [1.807, 2.05) is 0 Å². The molecule has 0 radical (unpaired) electrons. The number of carbonyl (C=O) groups is 4. The lowest BCUT2D eigenvalue weighted by Gasteiger charge is -2.36. The predicted octanol–water partition coefficient (Wildman–Crippen LogP) is 3.60. The van der Waals surface area contributed by atoms with Gasteiger partial charge >= 0.3 is 5.97 Å². The van der Waals surface area contributed by atoms with Crippen molar-refractivity contribution in [1.82, 2.24) is 25.1 Å². The van der Waals surface area contributed by atoms with E-state index < -0.39 is 29.6 Å². The number of hydrogen-bond donors (Lipinski definition) is 2. The van der Waals surface area contributed by atoms with Crippen molar-refractivity contribution in [2.24, 2.45) is 5.73 Å². The Bertz CT molecular complexity index is 1820. The number of tetrazole rings is 1. The molecule has 1 aliphatic rings. The molecule has 13 heteroatoms. The van der Waals surface area contributed by atoms with Gasteiger partial charge in [-0.15, -0.1) is 5.10 Å². The first-order chi connectivity index (χ1) is 21.1. The standard InChI is InChI=1S/C31H24ClFN6O5/c32-24-10-11-25(39-17-35-36-37-39)23(29(24)33)9-13-28(42)38-15-14-21-19(8-12-27(34)41)2-1-3-22(21)30(38)26(40)16-18-4-6-20(7-5-18)31(43)44/h1-13,17,30H,14-16H2,(H2,34,41)(H,43,44)/b12-8+,13-9+. The van der Waals surface area contributed by atoms with E-state index in [-0.39, 0.29) is 40.6 Å². The first-order valence-corrected chi connectivity index (χ1v) is 13.7. The van der Waals surface area contributed by atoms with Crippen molar-refractivity contribution in [3.05, 3.63) is 117 Å². The Morgan fingerprint density at radius 3 is 2.50 bits per heavy atom. The summed E-state index contributed by atoms with van der Waals surface area (Å²) in [5.41, 5.74) is 8.16. The number of carboxylic acids is 1. The number of primary amides is 1. The number of fused-ring (bicyclic) bond motifs is 1. The molecule has 2 heterocycles. The minimum atomic E-state index is -1.09. The Kier molecular flexibility index (Phi) is 8.72. The number of nitrogens with two attached hydrogens (primary N) is 1. The quantitative estimate of drug-likeness (QED) is 0.270. The Morgan fingerprint density at radius 2 is 1.82 bits per heavy atom. The van der Waals surface area contributed by atoms with Gasteiger partial charge in [0.1, 0.15) is 12.4 Å². The monoisotopic (exact) mass is 614 g/mol. The second-order valence-electron chi connectivity index (χ2n) is 9.86. The smallest absolute Gasteiger partial charge is 0.335 e. The Hall–Kier alpha value is -5.49. The van der Waals surface area contributed by atoms with Gasteiger partial charge in [0, 0.05) is 30.7 Å². The largest absolute Gasteiger partial charge is 0.478 e. The number of carboxylic acid groups (broad SMARTS) is 1. The zero-order chi connectivity index (χ0) is 31.4. The maximum Gasteiger partial charge on any atom is 0.335 e. The lowest BCUT2D eigenvalue weighted by Crippen LogP contribution is -2.43. The number of ketones is 1. The predicted molar refractivity (Wildman–Crippen MR) is 158 cm³/mol. The van der Waals surface area contributed by atoms with E-state index in [0.717, 1.165) is 11.6 Å². The Balaban J connectivity index is 1.52. The van der Waals surface area contributed by atoms with Gasteiger partial charge in [0.25, 0.3) is 0 Å². The normalized spacial score (nSPS) is 14.6. The molecule has 44 heavy (non-hydrogen) atoms. The van der Waals surface area contributed by atoms with E-state index in [2.05, 4.69) is 15.5 Å².